The van der Waals surface area contributed by atoms with Crippen molar-refractivity contribution in [2.75, 3.05) is 20.2 Å². The van der Waals surface area contributed by atoms with Crippen LogP contribution in [0.1, 0.15) is 41.5 Å². The molecular formula is C23H25N3O3S. The molecule has 1 fully saturated rings. The summed E-state index contributed by atoms with van der Waals surface area (Å²) in [5, 5.41) is 0.462. The average Bonchev–Trinajstić information content (AvgIpc) is 3.20. The molecule has 1 amide bonds. The normalized spacial score (nSPS) is 14.5. The summed E-state index contributed by atoms with van der Waals surface area (Å²) in [5.41, 5.74) is 1.71. The summed E-state index contributed by atoms with van der Waals surface area (Å²) in [6, 6.07) is 15.1. The van der Waals surface area contributed by atoms with Crippen LogP contribution in [0.4, 0.5) is 0 Å². The predicted octanol–water partition coefficient (Wildman–Crippen LogP) is 4.80. The Morgan fingerprint density at radius 3 is 2.70 bits per heavy atom. The Balaban J connectivity index is 1.41. The van der Waals surface area contributed by atoms with Crippen LogP contribution in [0.15, 0.2) is 48.5 Å². The first kappa shape index (κ1) is 20.3. The Labute approximate surface area is 180 Å². The van der Waals surface area contributed by atoms with Crippen LogP contribution in [-0.2, 0) is 6.42 Å². The van der Waals surface area contributed by atoms with Gasteiger partial charge in [-0.3, -0.25) is 4.79 Å². The molecule has 0 atom stereocenters. The van der Waals surface area contributed by atoms with Gasteiger partial charge < -0.3 is 14.4 Å². The second-order valence-corrected chi connectivity index (χ2v) is 8.32. The zero-order chi connectivity index (χ0) is 20.9. The molecule has 2 heterocycles. The SMILES string of the molecule is COc1cccc(Cc2nsc(Oc3cccc(C(=O)N4CCC(C)CC4)c3)n2)c1. The number of nitrogens with zero attached hydrogens (tertiary/aromatic N) is 3. The molecule has 3 aromatic rings. The summed E-state index contributed by atoms with van der Waals surface area (Å²) >= 11 is 1.21. The van der Waals surface area contributed by atoms with E-state index in [-0.39, 0.29) is 5.91 Å². The lowest BCUT2D eigenvalue weighted by Gasteiger charge is -2.30. The highest BCUT2D eigenvalue weighted by Gasteiger charge is 2.21. The number of piperidine rings is 1. The molecule has 30 heavy (non-hydrogen) atoms. The molecule has 0 saturated carbocycles. The number of carbonyl (C=O) groups excluding carboxylic acids is 1. The Morgan fingerprint density at radius 1 is 1.13 bits per heavy atom. The van der Waals surface area contributed by atoms with Crippen LogP contribution in [0.25, 0.3) is 0 Å². The van der Waals surface area contributed by atoms with E-state index in [0.717, 1.165) is 37.2 Å². The summed E-state index contributed by atoms with van der Waals surface area (Å²) < 4.78 is 15.5. The molecule has 1 aliphatic heterocycles. The molecule has 156 valence electrons. The second kappa shape index (κ2) is 9.26. The number of amides is 1. The van der Waals surface area contributed by atoms with Gasteiger partial charge in [0.1, 0.15) is 11.5 Å². The molecule has 0 aliphatic carbocycles. The molecule has 0 N–H and O–H groups in total. The fraction of sp³-hybridized carbons (Fsp3) is 0.348. The number of hydrogen-bond donors (Lipinski definition) is 0. The van der Waals surface area contributed by atoms with Crippen molar-refractivity contribution < 1.29 is 14.3 Å². The quantitative estimate of drug-likeness (QED) is 0.570. The molecular weight excluding hydrogens is 398 g/mol. The lowest BCUT2D eigenvalue weighted by molar-refractivity contribution is 0.0697. The fourth-order valence-electron chi connectivity index (χ4n) is 3.50. The summed E-state index contributed by atoms with van der Waals surface area (Å²) in [6.07, 6.45) is 2.72. The minimum atomic E-state index is 0.0586. The third-order valence-corrected chi connectivity index (χ3v) is 5.94. The van der Waals surface area contributed by atoms with Crippen molar-refractivity contribution in [3.05, 3.63) is 65.5 Å². The number of benzene rings is 2. The number of carbonyl (C=O) groups is 1. The van der Waals surface area contributed by atoms with Crippen LogP contribution in [0.3, 0.4) is 0 Å². The van der Waals surface area contributed by atoms with Gasteiger partial charge in [-0.2, -0.15) is 9.36 Å². The van der Waals surface area contributed by atoms with E-state index in [1.54, 1.807) is 13.2 Å². The first-order valence-corrected chi connectivity index (χ1v) is 10.9. The maximum atomic E-state index is 12.8. The van der Waals surface area contributed by atoms with Gasteiger partial charge in [-0.05, 0) is 54.7 Å². The monoisotopic (exact) mass is 423 g/mol. The van der Waals surface area contributed by atoms with E-state index < -0.39 is 0 Å². The fourth-order valence-corrected chi connectivity index (χ4v) is 4.07. The van der Waals surface area contributed by atoms with E-state index >= 15 is 0 Å². The highest BCUT2D eigenvalue weighted by Crippen LogP contribution is 2.26. The zero-order valence-electron chi connectivity index (χ0n) is 17.2. The molecule has 4 rings (SSSR count). The molecule has 1 aromatic heterocycles. The Hall–Kier alpha value is -2.93. The number of methoxy groups -OCH3 is 1. The Morgan fingerprint density at radius 2 is 1.90 bits per heavy atom. The third kappa shape index (κ3) is 4.97. The van der Waals surface area contributed by atoms with E-state index in [2.05, 4.69) is 16.3 Å². The van der Waals surface area contributed by atoms with Crippen LogP contribution in [0, 0.1) is 5.92 Å². The van der Waals surface area contributed by atoms with Gasteiger partial charge in [0.2, 0.25) is 0 Å². The summed E-state index contributed by atoms with van der Waals surface area (Å²) in [4.78, 5) is 19.2. The zero-order valence-corrected chi connectivity index (χ0v) is 18.0. The van der Waals surface area contributed by atoms with Gasteiger partial charge in [0.15, 0.2) is 5.82 Å². The van der Waals surface area contributed by atoms with Crippen molar-refractivity contribution in [2.24, 2.45) is 5.92 Å². The smallest absolute Gasteiger partial charge is 0.298 e. The van der Waals surface area contributed by atoms with Gasteiger partial charge in [0, 0.05) is 36.6 Å². The highest BCUT2D eigenvalue weighted by atomic mass is 32.1. The number of ether oxygens (including phenoxy) is 2. The van der Waals surface area contributed by atoms with Gasteiger partial charge in [-0.15, -0.1) is 0 Å². The van der Waals surface area contributed by atoms with Gasteiger partial charge in [0.25, 0.3) is 11.1 Å². The van der Waals surface area contributed by atoms with Crippen molar-refractivity contribution in [1.29, 1.82) is 0 Å². The van der Waals surface area contributed by atoms with Crippen LogP contribution in [-0.4, -0.2) is 40.4 Å². The van der Waals surface area contributed by atoms with E-state index in [9.17, 15) is 4.79 Å². The van der Waals surface area contributed by atoms with Crippen LogP contribution in [0.2, 0.25) is 0 Å². The Bertz CT molecular complexity index is 1010. The molecule has 0 spiro atoms. The highest BCUT2D eigenvalue weighted by molar-refractivity contribution is 7.07. The minimum absolute atomic E-state index is 0.0586. The van der Waals surface area contributed by atoms with Crippen molar-refractivity contribution >= 4 is 17.4 Å². The number of rotatable bonds is 6. The maximum absolute atomic E-state index is 12.8. The third-order valence-electron chi connectivity index (χ3n) is 5.30. The predicted molar refractivity (Wildman–Crippen MR) is 117 cm³/mol. The molecule has 2 aromatic carbocycles. The van der Waals surface area contributed by atoms with E-state index in [1.165, 1.54) is 11.5 Å². The molecule has 7 heteroatoms. The van der Waals surface area contributed by atoms with Gasteiger partial charge in [-0.1, -0.05) is 25.1 Å². The van der Waals surface area contributed by atoms with Crippen molar-refractivity contribution in [3.8, 4) is 16.7 Å². The molecule has 0 bridgehead atoms. The molecule has 1 aliphatic rings. The standard InChI is InChI=1S/C23H25N3O3S/c1-16-9-11-26(12-10-16)22(27)18-6-4-8-20(15-18)29-23-24-21(25-30-23)14-17-5-3-7-19(13-17)28-2/h3-8,13,15-16H,9-12,14H2,1-2H3. The van der Waals surface area contributed by atoms with Gasteiger partial charge in [0.05, 0.1) is 7.11 Å². The van der Waals surface area contributed by atoms with E-state index in [1.807, 2.05) is 47.4 Å². The largest absolute Gasteiger partial charge is 0.497 e. The van der Waals surface area contributed by atoms with Crippen molar-refractivity contribution in [2.45, 2.75) is 26.2 Å². The first-order chi connectivity index (χ1) is 14.6. The first-order valence-electron chi connectivity index (χ1n) is 10.1. The molecule has 0 unspecified atom stereocenters. The van der Waals surface area contributed by atoms with Gasteiger partial charge >= 0.3 is 0 Å². The van der Waals surface area contributed by atoms with Crippen molar-refractivity contribution in [3.63, 3.8) is 0 Å². The van der Waals surface area contributed by atoms with E-state index in [0.29, 0.717) is 34.7 Å². The van der Waals surface area contributed by atoms with Crippen LogP contribution >= 0.6 is 11.5 Å². The average molecular weight is 424 g/mol. The summed E-state index contributed by atoms with van der Waals surface area (Å²) in [7, 11) is 1.65. The molecule has 6 nitrogen and oxygen atoms in total. The van der Waals surface area contributed by atoms with Gasteiger partial charge in [-0.25, -0.2) is 0 Å². The number of hydrogen-bond acceptors (Lipinski definition) is 6. The van der Waals surface area contributed by atoms with Crippen LogP contribution in [0.5, 0.6) is 16.7 Å². The Kier molecular flexibility index (Phi) is 6.28. The summed E-state index contributed by atoms with van der Waals surface area (Å²) in [6.45, 7) is 3.87. The molecule has 1 saturated heterocycles. The lowest BCUT2D eigenvalue weighted by Crippen LogP contribution is -2.37. The van der Waals surface area contributed by atoms with Crippen molar-refractivity contribution in [1.82, 2.24) is 14.3 Å². The maximum Gasteiger partial charge on any atom is 0.298 e. The molecule has 0 radical (unpaired) electrons. The second-order valence-electron chi connectivity index (χ2n) is 7.61. The lowest BCUT2D eigenvalue weighted by atomic mass is 9.98. The number of aromatic nitrogens is 2. The topological polar surface area (TPSA) is 64.6 Å². The van der Waals surface area contributed by atoms with Crippen LogP contribution < -0.4 is 9.47 Å². The summed E-state index contributed by atoms with van der Waals surface area (Å²) in [5.74, 6) is 2.84. The number of likely N-dealkylation sites (tertiary alicyclic amines) is 1. The van der Waals surface area contributed by atoms with E-state index in [4.69, 9.17) is 9.47 Å². The minimum Gasteiger partial charge on any atom is -0.497 e.